The first kappa shape index (κ1) is 13.5. The van der Waals surface area contributed by atoms with Crippen molar-refractivity contribution in [3.8, 4) is 0 Å². The van der Waals surface area contributed by atoms with Crippen molar-refractivity contribution in [2.75, 3.05) is 0 Å². The summed E-state index contributed by atoms with van der Waals surface area (Å²) in [7, 11) is -3.71. The summed E-state index contributed by atoms with van der Waals surface area (Å²) in [5.74, 6) is 0. The van der Waals surface area contributed by atoms with Gasteiger partial charge in [-0.3, -0.25) is 4.68 Å². The number of nitrogens with two attached hydrogens (primary N) is 1. The normalized spacial score (nSPS) is 24.7. The minimum atomic E-state index is -3.71. The number of hydrogen-bond donors (Lipinski definition) is 1. The smallest absolute Gasteiger partial charge is 0.241 e. The van der Waals surface area contributed by atoms with Crippen molar-refractivity contribution in [3.05, 3.63) is 11.4 Å². The Morgan fingerprint density at radius 3 is 2.56 bits per heavy atom. The maximum atomic E-state index is 11.5. The summed E-state index contributed by atoms with van der Waals surface area (Å²) < 4.78 is 30.3. The van der Waals surface area contributed by atoms with E-state index in [9.17, 15) is 8.42 Å². The molecule has 0 radical (unpaired) electrons. The van der Waals surface area contributed by atoms with Crippen LogP contribution in [0.4, 0.5) is 0 Å². The number of sulfonamides is 1. The minimum Gasteiger partial charge on any atom is -0.373 e. The van der Waals surface area contributed by atoms with Crippen molar-refractivity contribution in [1.29, 1.82) is 0 Å². The molecule has 0 saturated carbocycles. The highest BCUT2D eigenvalue weighted by molar-refractivity contribution is 7.89. The fraction of sp³-hybridized carbons (Fsp3) is 0.727. The molecule has 2 N–H and O–H groups in total. The lowest BCUT2D eigenvalue weighted by atomic mass is 10.2. The van der Waals surface area contributed by atoms with Crippen LogP contribution in [0, 0.1) is 13.8 Å². The van der Waals surface area contributed by atoms with Crippen LogP contribution in [0.1, 0.15) is 31.2 Å². The SMILES string of the molecule is Cc1nn(CC2CCC(C)O2)c(C)c1S(N)(=O)=O. The van der Waals surface area contributed by atoms with E-state index in [1.807, 2.05) is 6.92 Å². The molecule has 1 aromatic heterocycles. The van der Waals surface area contributed by atoms with Crippen molar-refractivity contribution < 1.29 is 13.2 Å². The van der Waals surface area contributed by atoms with E-state index in [2.05, 4.69) is 5.10 Å². The Morgan fingerprint density at radius 2 is 2.11 bits per heavy atom. The van der Waals surface area contributed by atoms with Crippen molar-refractivity contribution in [1.82, 2.24) is 9.78 Å². The first-order chi connectivity index (χ1) is 8.29. The zero-order chi connectivity index (χ0) is 13.5. The number of primary sulfonamides is 1. The number of rotatable bonds is 3. The molecule has 6 nitrogen and oxygen atoms in total. The molecule has 0 aromatic carbocycles. The molecule has 2 rings (SSSR count). The van der Waals surface area contributed by atoms with Gasteiger partial charge in [-0.15, -0.1) is 0 Å². The standard InChI is InChI=1S/C11H19N3O3S/c1-7-4-5-10(17-7)6-14-9(3)11(8(2)13-14)18(12,15)16/h7,10H,4-6H2,1-3H3,(H2,12,15,16). The van der Waals surface area contributed by atoms with Gasteiger partial charge in [0.05, 0.1) is 30.1 Å². The number of aryl methyl sites for hydroxylation is 1. The molecule has 0 bridgehead atoms. The topological polar surface area (TPSA) is 87.2 Å². The second kappa shape index (κ2) is 4.64. The Kier molecular flexibility index (Phi) is 3.48. The summed E-state index contributed by atoms with van der Waals surface area (Å²) in [5.41, 5.74) is 1.03. The zero-order valence-electron chi connectivity index (χ0n) is 10.9. The van der Waals surface area contributed by atoms with Crippen LogP contribution in [0.5, 0.6) is 0 Å². The molecule has 1 aliphatic heterocycles. The van der Waals surface area contributed by atoms with E-state index in [1.54, 1.807) is 18.5 Å². The minimum absolute atomic E-state index is 0.103. The van der Waals surface area contributed by atoms with Crippen molar-refractivity contribution in [3.63, 3.8) is 0 Å². The van der Waals surface area contributed by atoms with Gasteiger partial charge < -0.3 is 4.74 Å². The molecule has 0 amide bonds. The number of ether oxygens (including phenoxy) is 1. The molecular formula is C11H19N3O3S. The first-order valence-corrected chi connectivity index (χ1v) is 7.56. The molecule has 2 unspecified atom stereocenters. The molecule has 0 spiro atoms. The van der Waals surface area contributed by atoms with Gasteiger partial charge in [-0.25, -0.2) is 13.6 Å². The van der Waals surface area contributed by atoms with Gasteiger partial charge in [0.2, 0.25) is 10.0 Å². The van der Waals surface area contributed by atoms with Gasteiger partial charge in [-0.05, 0) is 33.6 Å². The molecule has 2 atom stereocenters. The average Bonchev–Trinajstić information content (AvgIpc) is 2.71. The summed E-state index contributed by atoms with van der Waals surface area (Å²) in [4.78, 5) is 0.133. The third-order valence-electron chi connectivity index (χ3n) is 3.30. The number of aromatic nitrogens is 2. The maximum absolute atomic E-state index is 11.5. The number of nitrogens with zero attached hydrogens (tertiary/aromatic N) is 2. The van der Waals surface area contributed by atoms with Crippen molar-refractivity contribution in [2.45, 2.75) is 57.3 Å². The fourth-order valence-electron chi connectivity index (χ4n) is 2.48. The van der Waals surface area contributed by atoms with Gasteiger partial charge in [-0.2, -0.15) is 5.10 Å². The summed E-state index contributed by atoms with van der Waals surface area (Å²) in [6, 6.07) is 0. The molecule has 1 aromatic rings. The molecule has 1 aliphatic rings. The van der Waals surface area contributed by atoms with E-state index in [4.69, 9.17) is 9.88 Å². The second-order valence-corrected chi connectivity index (χ2v) is 6.37. The van der Waals surface area contributed by atoms with E-state index < -0.39 is 10.0 Å². The lowest BCUT2D eigenvalue weighted by Crippen LogP contribution is -2.19. The van der Waals surface area contributed by atoms with Crippen LogP contribution in [-0.4, -0.2) is 30.4 Å². The van der Waals surface area contributed by atoms with Crippen LogP contribution in [0.25, 0.3) is 0 Å². The van der Waals surface area contributed by atoms with E-state index in [-0.39, 0.29) is 17.1 Å². The summed E-state index contributed by atoms with van der Waals surface area (Å²) in [6.07, 6.45) is 2.38. The van der Waals surface area contributed by atoms with Gasteiger partial charge >= 0.3 is 0 Å². The number of hydrogen-bond acceptors (Lipinski definition) is 4. The highest BCUT2D eigenvalue weighted by Crippen LogP contribution is 2.23. The van der Waals surface area contributed by atoms with Crippen LogP contribution in [0.2, 0.25) is 0 Å². The van der Waals surface area contributed by atoms with Crippen LogP contribution < -0.4 is 5.14 Å². The van der Waals surface area contributed by atoms with Gasteiger partial charge in [0.15, 0.2) is 0 Å². The Bertz CT molecular complexity index is 550. The van der Waals surface area contributed by atoms with Crippen LogP contribution in [-0.2, 0) is 21.3 Å². The van der Waals surface area contributed by atoms with Crippen LogP contribution >= 0.6 is 0 Å². The monoisotopic (exact) mass is 273 g/mol. The predicted octanol–water partition coefficient (Wildman–Crippen LogP) is 0.715. The third kappa shape index (κ3) is 2.57. The van der Waals surface area contributed by atoms with Gasteiger partial charge in [0.1, 0.15) is 4.90 Å². The first-order valence-electron chi connectivity index (χ1n) is 6.01. The van der Waals surface area contributed by atoms with Gasteiger partial charge in [-0.1, -0.05) is 0 Å². The van der Waals surface area contributed by atoms with Gasteiger partial charge in [0, 0.05) is 0 Å². The predicted molar refractivity (Wildman–Crippen MR) is 66.6 cm³/mol. The summed E-state index contributed by atoms with van der Waals surface area (Å²) >= 11 is 0. The molecule has 1 fully saturated rings. The van der Waals surface area contributed by atoms with Crippen LogP contribution in [0.3, 0.4) is 0 Å². The zero-order valence-corrected chi connectivity index (χ0v) is 11.7. The molecule has 7 heteroatoms. The quantitative estimate of drug-likeness (QED) is 0.878. The molecule has 18 heavy (non-hydrogen) atoms. The second-order valence-electron chi connectivity index (χ2n) is 4.87. The highest BCUT2D eigenvalue weighted by Gasteiger charge is 2.26. The molecule has 2 heterocycles. The van der Waals surface area contributed by atoms with Crippen molar-refractivity contribution >= 4 is 10.0 Å². The molecule has 102 valence electrons. The largest absolute Gasteiger partial charge is 0.373 e. The third-order valence-corrected chi connectivity index (χ3v) is 4.46. The van der Waals surface area contributed by atoms with E-state index in [0.29, 0.717) is 17.9 Å². The Hall–Kier alpha value is -0.920. The fourth-order valence-corrected chi connectivity index (χ4v) is 3.45. The maximum Gasteiger partial charge on any atom is 0.241 e. The Labute approximate surface area is 107 Å². The van der Waals surface area contributed by atoms with Crippen LogP contribution in [0.15, 0.2) is 4.90 Å². The van der Waals surface area contributed by atoms with E-state index >= 15 is 0 Å². The lowest BCUT2D eigenvalue weighted by Gasteiger charge is -2.12. The molecule has 0 aliphatic carbocycles. The average molecular weight is 273 g/mol. The highest BCUT2D eigenvalue weighted by atomic mass is 32.2. The molecule has 1 saturated heterocycles. The van der Waals surface area contributed by atoms with Gasteiger partial charge in [0.25, 0.3) is 0 Å². The Morgan fingerprint density at radius 1 is 1.44 bits per heavy atom. The molecular weight excluding hydrogens is 254 g/mol. The lowest BCUT2D eigenvalue weighted by molar-refractivity contribution is 0.0432. The van der Waals surface area contributed by atoms with E-state index in [1.165, 1.54) is 0 Å². The van der Waals surface area contributed by atoms with E-state index in [0.717, 1.165) is 12.8 Å². The Balaban J connectivity index is 2.25. The summed E-state index contributed by atoms with van der Waals surface area (Å²) in [5, 5.41) is 9.43. The van der Waals surface area contributed by atoms with Crippen molar-refractivity contribution in [2.24, 2.45) is 5.14 Å². The summed E-state index contributed by atoms with van der Waals surface area (Å²) in [6.45, 7) is 5.99.